The van der Waals surface area contributed by atoms with Gasteiger partial charge in [-0.15, -0.1) is 6.58 Å². The molecule has 0 aromatic carbocycles. The predicted molar refractivity (Wildman–Crippen MR) is 31.2 cm³/mol. The Morgan fingerprint density at radius 1 is 1.88 bits per heavy atom. The third-order valence-electron chi connectivity index (χ3n) is 0.129. The van der Waals surface area contributed by atoms with E-state index in [1.165, 1.54) is 6.08 Å². The standard InChI is InChI=1S/C3H6O.CHClO2/c1-2-3-4;2-1(3)4/h2,4H,1,3H2;(H,3,4). The Bertz CT molecular complexity index is 67.7. The van der Waals surface area contributed by atoms with Gasteiger partial charge in [0.15, 0.2) is 0 Å². The summed E-state index contributed by atoms with van der Waals surface area (Å²) in [6, 6.07) is 0. The van der Waals surface area contributed by atoms with Crippen molar-refractivity contribution in [3.8, 4) is 0 Å². The topological polar surface area (TPSA) is 57.5 Å². The number of hydrogen-bond acceptors (Lipinski definition) is 2. The minimum atomic E-state index is -1.36. The van der Waals surface area contributed by atoms with Gasteiger partial charge in [0, 0.05) is 11.6 Å². The van der Waals surface area contributed by atoms with Crippen LogP contribution in [0.15, 0.2) is 12.7 Å². The number of carboxylic acid groups (broad SMARTS) is 1. The summed E-state index contributed by atoms with van der Waals surface area (Å²) in [6.45, 7) is 3.31. The monoisotopic (exact) mass is 138 g/mol. The molecule has 0 aromatic heterocycles. The van der Waals surface area contributed by atoms with Gasteiger partial charge < -0.3 is 10.2 Å². The molecule has 3 nitrogen and oxygen atoms in total. The molecule has 0 unspecified atom stereocenters. The average molecular weight is 139 g/mol. The van der Waals surface area contributed by atoms with Gasteiger partial charge in [0.2, 0.25) is 0 Å². The van der Waals surface area contributed by atoms with Gasteiger partial charge in [-0.3, -0.25) is 0 Å². The normalized spacial score (nSPS) is 6.25. The van der Waals surface area contributed by atoms with Gasteiger partial charge in [-0.25, -0.2) is 4.79 Å². The maximum absolute atomic E-state index is 8.77. The van der Waals surface area contributed by atoms with Crippen molar-refractivity contribution >= 4 is 17.0 Å². The van der Waals surface area contributed by atoms with E-state index < -0.39 is 5.43 Å². The third kappa shape index (κ3) is 513. The van der Waals surface area contributed by atoms with E-state index in [0.29, 0.717) is 0 Å². The van der Waals surface area contributed by atoms with Crippen LogP contribution in [0.5, 0.6) is 0 Å². The smallest absolute Gasteiger partial charge is 0.401 e. The molecular weight excluding hydrogens is 131 g/mol. The number of halogens is 1. The van der Waals surface area contributed by atoms with Gasteiger partial charge in [0.1, 0.15) is 0 Å². The third-order valence-corrected chi connectivity index (χ3v) is 0.129. The van der Waals surface area contributed by atoms with Crippen molar-refractivity contribution in [3.63, 3.8) is 0 Å². The molecule has 0 spiro atoms. The minimum absolute atomic E-state index is 0.0833. The highest BCUT2D eigenvalue weighted by Crippen LogP contribution is 1.67. The highest BCUT2D eigenvalue weighted by atomic mass is 35.5. The van der Waals surface area contributed by atoms with E-state index in [9.17, 15) is 0 Å². The molecule has 0 aliphatic heterocycles. The molecule has 0 saturated carbocycles. The van der Waals surface area contributed by atoms with Crippen LogP contribution in [0.2, 0.25) is 0 Å². The molecule has 48 valence electrons. The number of rotatable bonds is 1. The molecule has 0 fully saturated rings. The fourth-order valence-electron chi connectivity index (χ4n) is 0. The summed E-state index contributed by atoms with van der Waals surface area (Å²) >= 11 is 4.19. The van der Waals surface area contributed by atoms with Gasteiger partial charge in [0.05, 0.1) is 6.61 Å². The van der Waals surface area contributed by atoms with E-state index >= 15 is 0 Å². The Balaban J connectivity index is 0. The van der Waals surface area contributed by atoms with Crippen molar-refractivity contribution in [2.75, 3.05) is 6.61 Å². The quantitative estimate of drug-likeness (QED) is 0.421. The van der Waals surface area contributed by atoms with Crippen LogP contribution in [0.1, 0.15) is 0 Å². The Kier molecular flexibility index (Phi) is 12.6. The molecular formula is C4H7ClO3. The Hall–Kier alpha value is -0.540. The SMILES string of the molecule is C=CCO.O=C(O)Cl. The van der Waals surface area contributed by atoms with Crippen LogP contribution in [0, 0.1) is 0 Å². The molecule has 0 aromatic rings. The molecule has 0 radical (unpaired) electrons. The molecule has 0 aliphatic carbocycles. The molecule has 0 aliphatic rings. The lowest BCUT2D eigenvalue weighted by molar-refractivity contribution is 0.220. The summed E-state index contributed by atoms with van der Waals surface area (Å²) in [5.74, 6) is 0. The molecule has 0 heterocycles. The first kappa shape index (κ1) is 10.4. The number of carbonyl (C=O) groups is 1. The Morgan fingerprint density at radius 2 is 2.00 bits per heavy atom. The van der Waals surface area contributed by atoms with Crippen molar-refractivity contribution in [2.45, 2.75) is 0 Å². The fourth-order valence-corrected chi connectivity index (χ4v) is 0. The van der Waals surface area contributed by atoms with Crippen LogP contribution >= 0.6 is 11.6 Å². The molecule has 0 rings (SSSR count). The van der Waals surface area contributed by atoms with Gasteiger partial charge in [-0.05, 0) is 0 Å². The summed E-state index contributed by atoms with van der Waals surface area (Å²) in [7, 11) is 0. The number of aliphatic hydroxyl groups is 1. The van der Waals surface area contributed by atoms with Crippen molar-refractivity contribution in [3.05, 3.63) is 12.7 Å². The number of hydrogen-bond donors (Lipinski definition) is 2. The zero-order valence-electron chi connectivity index (χ0n) is 4.17. The first-order valence-electron chi connectivity index (χ1n) is 1.75. The van der Waals surface area contributed by atoms with Crippen LogP contribution in [0.25, 0.3) is 0 Å². The molecule has 8 heavy (non-hydrogen) atoms. The number of aliphatic hydroxyl groups excluding tert-OH is 1. The lowest BCUT2D eigenvalue weighted by Gasteiger charge is -1.60. The van der Waals surface area contributed by atoms with E-state index in [-0.39, 0.29) is 6.61 Å². The average Bonchev–Trinajstić information content (AvgIpc) is 1.65. The lowest BCUT2D eigenvalue weighted by Crippen LogP contribution is -1.66. The summed E-state index contributed by atoms with van der Waals surface area (Å²) in [6.07, 6.45) is 1.43. The van der Waals surface area contributed by atoms with E-state index in [1.807, 2.05) is 0 Å². The predicted octanol–water partition coefficient (Wildman–Crippen LogP) is 1.07. The van der Waals surface area contributed by atoms with Crippen molar-refractivity contribution in [2.24, 2.45) is 0 Å². The minimum Gasteiger partial charge on any atom is -0.469 e. The second-order valence-corrected chi connectivity index (χ2v) is 1.05. The molecule has 0 atom stereocenters. The molecule has 0 bridgehead atoms. The van der Waals surface area contributed by atoms with Crippen LogP contribution < -0.4 is 0 Å². The fraction of sp³-hybridized carbons (Fsp3) is 0.250. The maximum Gasteiger partial charge on any atom is 0.401 e. The van der Waals surface area contributed by atoms with Gasteiger partial charge in [-0.2, -0.15) is 0 Å². The zero-order chi connectivity index (χ0) is 6.99. The summed E-state index contributed by atoms with van der Waals surface area (Å²) in [4.78, 5) is 8.77. The van der Waals surface area contributed by atoms with Crippen molar-refractivity contribution in [1.82, 2.24) is 0 Å². The Morgan fingerprint density at radius 3 is 2.00 bits per heavy atom. The first-order valence-corrected chi connectivity index (χ1v) is 2.13. The Labute approximate surface area is 52.2 Å². The first-order chi connectivity index (χ1) is 3.65. The maximum atomic E-state index is 8.77. The van der Waals surface area contributed by atoms with Gasteiger partial charge in [-0.1, -0.05) is 6.08 Å². The largest absolute Gasteiger partial charge is 0.469 e. The van der Waals surface area contributed by atoms with Gasteiger partial charge >= 0.3 is 5.43 Å². The van der Waals surface area contributed by atoms with E-state index in [1.54, 1.807) is 0 Å². The highest BCUT2D eigenvalue weighted by molar-refractivity contribution is 6.60. The summed E-state index contributed by atoms with van der Waals surface area (Å²) in [5.41, 5.74) is -1.36. The molecule has 0 amide bonds. The second kappa shape index (κ2) is 9.68. The van der Waals surface area contributed by atoms with E-state index in [4.69, 9.17) is 15.0 Å². The second-order valence-electron chi connectivity index (χ2n) is 0.724. The van der Waals surface area contributed by atoms with Crippen LogP contribution in [0.3, 0.4) is 0 Å². The van der Waals surface area contributed by atoms with Gasteiger partial charge in [0.25, 0.3) is 0 Å². The summed E-state index contributed by atoms with van der Waals surface area (Å²) in [5, 5.41) is 14.9. The molecule has 0 saturated heterocycles. The van der Waals surface area contributed by atoms with Crippen LogP contribution in [-0.2, 0) is 0 Å². The van der Waals surface area contributed by atoms with Crippen LogP contribution in [0.4, 0.5) is 4.79 Å². The highest BCUT2D eigenvalue weighted by Gasteiger charge is 1.71. The van der Waals surface area contributed by atoms with Crippen molar-refractivity contribution < 1.29 is 15.0 Å². The van der Waals surface area contributed by atoms with Crippen molar-refractivity contribution in [1.29, 1.82) is 0 Å². The molecule has 4 heteroatoms. The van der Waals surface area contributed by atoms with E-state index in [2.05, 4.69) is 18.2 Å². The molecule has 2 N–H and O–H groups in total. The lowest BCUT2D eigenvalue weighted by atomic mass is 10.7. The summed E-state index contributed by atoms with van der Waals surface area (Å²) < 4.78 is 0. The zero-order valence-corrected chi connectivity index (χ0v) is 4.93. The van der Waals surface area contributed by atoms with E-state index in [0.717, 1.165) is 0 Å². The van der Waals surface area contributed by atoms with Crippen LogP contribution in [-0.4, -0.2) is 22.2 Å².